The minimum atomic E-state index is -1.31. The first-order valence-electron chi connectivity index (χ1n) is 15.1. The molecule has 8 heteroatoms. The van der Waals surface area contributed by atoms with Crippen molar-refractivity contribution in [2.75, 3.05) is 5.32 Å². The van der Waals surface area contributed by atoms with E-state index in [0.29, 0.717) is 11.4 Å². The number of hydrogen-bond acceptors (Lipinski definition) is 4. The van der Waals surface area contributed by atoms with Gasteiger partial charge >= 0.3 is 0 Å². The second-order valence-electron chi connectivity index (χ2n) is 12.6. The molecule has 0 spiro atoms. The molecule has 2 bridgehead atoms. The largest absolute Gasteiger partial charge is 0.457 e. The number of benzene rings is 4. The Hall–Kier alpha value is -4.13. The van der Waals surface area contributed by atoms with Gasteiger partial charge in [0.15, 0.2) is 0 Å². The molecule has 1 N–H and O–H groups in total. The smallest absolute Gasteiger partial charge is 0.247 e. The molecule has 1 aliphatic heterocycles. The summed E-state index contributed by atoms with van der Waals surface area (Å²) >= 11 is 15.1. The molecule has 4 aromatic carbocycles. The van der Waals surface area contributed by atoms with Crippen LogP contribution in [0, 0.1) is 31.6 Å². The number of carbonyl (C=O) groups is 3. The number of alkyl halides is 2. The number of likely N-dealkylation sites (tertiary alicyclic amines) is 1. The van der Waals surface area contributed by atoms with Crippen molar-refractivity contribution in [3.05, 3.63) is 124 Å². The molecule has 6 nitrogen and oxygen atoms in total. The average molecular weight is 640 g/mol. The molecule has 228 valence electrons. The highest BCUT2D eigenvalue weighted by Crippen LogP contribution is 2.69. The minimum Gasteiger partial charge on any atom is -0.457 e. The summed E-state index contributed by atoms with van der Waals surface area (Å²) in [6.45, 7) is 7.71. The van der Waals surface area contributed by atoms with Crippen LogP contribution in [0.25, 0.3) is 0 Å². The molecule has 0 aromatic heterocycles. The van der Waals surface area contributed by atoms with Gasteiger partial charge in [-0.3, -0.25) is 19.3 Å². The van der Waals surface area contributed by atoms with Gasteiger partial charge in [-0.05, 0) is 89.5 Å². The molecular weight excluding hydrogens is 607 g/mol. The summed E-state index contributed by atoms with van der Waals surface area (Å²) < 4.78 is 5.99. The Balaban J connectivity index is 1.20. The van der Waals surface area contributed by atoms with Gasteiger partial charge in [0, 0.05) is 5.69 Å². The van der Waals surface area contributed by atoms with Gasteiger partial charge in [0.25, 0.3) is 0 Å². The normalized spacial score (nSPS) is 25.1. The van der Waals surface area contributed by atoms with Gasteiger partial charge in [0.2, 0.25) is 17.7 Å². The van der Waals surface area contributed by atoms with E-state index in [9.17, 15) is 14.4 Å². The fourth-order valence-corrected chi connectivity index (χ4v) is 8.51. The fourth-order valence-electron chi connectivity index (χ4n) is 7.42. The molecule has 1 fully saturated rings. The summed E-state index contributed by atoms with van der Waals surface area (Å²) in [5, 5.41) is 2.92. The quantitative estimate of drug-likeness (QED) is 0.174. The molecular formula is C37H32Cl2N2O4. The summed E-state index contributed by atoms with van der Waals surface area (Å²) in [7, 11) is 0. The van der Waals surface area contributed by atoms with E-state index >= 15 is 0 Å². The molecule has 3 atom stereocenters. The predicted molar refractivity (Wildman–Crippen MR) is 175 cm³/mol. The maximum atomic E-state index is 14.4. The number of halogens is 2. The number of carbonyl (C=O) groups excluding carboxylic acids is 3. The van der Waals surface area contributed by atoms with Gasteiger partial charge in [-0.1, -0.05) is 68.4 Å². The van der Waals surface area contributed by atoms with Crippen molar-refractivity contribution in [3.63, 3.8) is 0 Å². The van der Waals surface area contributed by atoms with E-state index in [1.54, 1.807) is 24.3 Å². The van der Waals surface area contributed by atoms with E-state index < -0.39 is 45.3 Å². The van der Waals surface area contributed by atoms with Crippen LogP contribution in [-0.2, 0) is 24.1 Å². The highest BCUT2D eigenvalue weighted by atomic mass is 35.5. The lowest BCUT2D eigenvalue weighted by Gasteiger charge is -2.54. The van der Waals surface area contributed by atoms with E-state index in [0.717, 1.165) is 38.5 Å². The number of aryl methyl sites for hydroxylation is 2. The number of anilines is 1. The maximum Gasteiger partial charge on any atom is 0.247 e. The second-order valence-corrected chi connectivity index (χ2v) is 13.8. The van der Waals surface area contributed by atoms with Gasteiger partial charge in [0.05, 0.1) is 11.8 Å². The number of nitrogens with zero attached hydrogens (tertiary/aromatic N) is 1. The first-order valence-corrected chi connectivity index (χ1v) is 15.8. The highest BCUT2D eigenvalue weighted by Gasteiger charge is 2.73. The van der Waals surface area contributed by atoms with Gasteiger partial charge in [-0.25, -0.2) is 0 Å². The lowest BCUT2D eigenvalue weighted by molar-refractivity contribution is -0.148. The van der Waals surface area contributed by atoms with E-state index in [1.165, 1.54) is 5.56 Å². The van der Waals surface area contributed by atoms with Crippen LogP contribution in [0.2, 0.25) is 0 Å². The van der Waals surface area contributed by atoms with Crippen molar-refractivity contribution < 1.29 is 19.1 Å². The molecule has 1 saturated heterocycles. The first kappa shape index (κ1) is 29.6. The number of nitrogens with one attached hydrogen (secondary N) is 1. The standard InChI is InChI=1S/C37H32Cl2N2O4/c1-20(2)32(33(42)40-23-14-17-24(18-15-23)45-25-16-13-21(3)22(4)19-25)41-34(43)30-31(35(41)44)37(39)27-10-6-5-9-26(27)36(30,38)28-11-7-8-12-29(28)37/h5-20,30-32H,1-4H3,(H,40,42)/t30-,31-,32+,36?,37?/m1/s1. The van der Waals surface area contributed by atoms with Crippen LogP contribution < -0.4 is 10.1 Å². The van der Waals surface area contributed by atoms with Crippen LogP contribution >= 0.6 is 23.2 Å². The summed E-state index contributed by atoms with van der Waals surface area (Å²) in [6.07, 6.45) is 0. The predicted octanol–water partition coefficient (Wildman–Crippen LogP) is 7.65. The van der Waals surface area contributed by atoms with Crippen LogP contribution in [-0.4, -0.2) is 28.7 Å². The number of ether oxygens (including phenoxy) is 1. The van der Waals surface area contributed by atoms with Crippen LogP contribution in [0.4, 0.5) is 5.69 Å². The highest BCUT2D eigenvalue weighted by molar-refractivity contribution is 6.36. The molecule has 0 unspecified atom stereocenters. The summed E-state index contributed by atoms with van der Waals surface area (Å²) in [4.78, 5) is 41.3. The molecule has 8 rings (SSSR count). The third kappa shape index (κ3) is 4.19. The molecule has 0 radical (unpaired) electrons. The minimum absolute atomic E-state index is 0.384. The Morgan fingerprint density at radius 3 is 1.64 bits per heavy atom. The van der Waals surface area contributed by atoms with Crippen molar-refractivity contribution in [1.82, 2.24) is 4.90 Å². The molecule has 1 heterocycles. The van der Waals surface area contributed by atoms with Crippen molar-refractivity contribution in [2.24, 2.45) is 17.8 Å². The molecule has 4 aromatic rings. The zero-order chi connectivity index (χ0) is 31.8. The van der Waals surface area contributed by atoms with Crippen molar-refractivity contribution >= 4 is 46.6 Å². The van der Waals surface area contributed by atoms with E-state index in [4.69, 9.17) is 27.9 Å². The maximum absolute atomic E-state index is 14.4. The second kappa shape index (κ2) is 10.5. The van der Waals surface area contributed by atoms with Crippen LogP contribution in [0.3, 0.4) is 0 Å². The molecule has 3 aliphatic carbocycles. The first-order chi connectivity index (χ1) is 21.5. The Morgan fingerprint density at radius 2 is 1.20 bits per heavy atom. The van der Waals surface area contributed by atoms with E-state index in [1.807, 2.05) is 94.4 Å². The van der Waals surface area contributed by atoms with E-state index in [2.05, 4.69) is 5.32 Å². The number of imide groups is 1. The zero-order valence-corrected chi connectivity index (χ0v) is 26.8. The number of rotatable bonds is 6. The summed E-state index contributed by atoms with van der Waals surface area (Å²) in [5.74, 6) is -2.43. The molecule has 0 saturated carbocycles. The van der Waals surface area contributed by atoms with Gasteiger partial charge in [0.1, 0.15) is 27.3 Å². The van der Waals surface area contributed by atoms with Crippen molar-refractivity contribution in [2.45, 2.75) is 43.5 Å². The lowest BCUT2D eigenvalue weighted by Crippen LogP contribution is -2.57. The summed E-state index contributed by atoms with van der Waals surface area (Å²) in [5.41, 5.74) is 5.70. The topological polar surface area (TPSA) is 75.7 Å². The third-order valence-corrected chi connectivity index (χ3v) is 10.9. The van der Waals surface area contributed by atoms with Gasteiger partial charge < -0.3 is 10.1 Å². The Labute approximate surface area is 272 Å². The Morgan fingerprint density at radius 1 is 0.733 bits per heavy atom. The van der Waals surface area contributed by atoms with Crippen LogP contribution in [0.1, 0.15) is 47.2 Å². The van der Waals surface area contributed by atoms with Gasteiger partial charge in [-0.2, -0.15) is 0 Å². The lowest BCUT2D eigenvalue weighted by atomic mass is 9.54. The molecule has 4 aliphatic rings. The Kier molecular flexibility index (Phi) is 6.88. The van der Waals surface area contributed by atoms with Crippen LogP contribution in [0.5, 0.6) is 11.5 Å². The average Bonchev–Trinajstić information content (AvgIpc) is 3.29. The molecule has 3 amide bonds. The summed E-state index contributed by atoms with van der Waals surface area (Å²) in [6, 6.07) is 26.8. The van der Waals surface area contributed by atoms with Gasteiger partial charge in [-0.15, -0.1) is 23.2 Å². The SMILES string of the molecule is Cc1ccc(Oc2ccc(NC(=O)[C@H](C(C)C)N3C(=O)[C@H]4[C@H](C3=O)C3(Cl)c5ccccc5C4(Cl)c4ccccc43)cc2)cc1C. The monoisotopic (exact) mass is 638 g/mol. The van der Waals surface area contributed by atoms with Crippen molar-refractivity contribution in [3.8, 4) is 11.5 Å². The number of amides is 3. The molecule has 45 heavy (non-hydrogen) atoms. The third-order valence-electron chi connectivity index (χ3n) is 9.63. The van der Waals surface area contributed by atoms with Crippen LogP contribution in [0.15, 0.2) is 91.0 Å². The fraction of sp³-hybridized carbons (Fsp3) is 0.270. The van der Waals surface area contributed by atoms with E-state index in [-0.39, 0.29) is 5.92 Å². The number of hydrogen-bond donors (Lipinski definition) is 1. The Bertz CT molecular complexity index is 1760. The van der Waals surface area contributed by atoms with Crippen molar-refractivity contribution in [1.29, 1.82) is 0 Å². The zero-order valence-electron chi connectivity index (χ0n) is 25.3.